The predicted octanol–water partition coefficient (Wildman–Crippen LogP) is -0.673. The van der Waals surface area contributed by atoms with Gasteiger partial charge in [-0.1, -0.05) is 0 Å². The van der Waals surface area contributed by atoms with E-state index in [2.05, 4.69) is 15.5 Å². The van der Waals surface area contributed by atoms with Crippen molar-refractivity contribution in [1.29, 1.82) is 0 Å². The van der Waals surface area contributed by atoms with E-state index in [0.29, 0.717) is 0 Å². The molecule has 0 spiro atoms. The predicted molar refractivity (Wildman–Crippen MR) is 26.2 cm³/mol. The maximum absolute atomic E-state index is 9.70. The fourth-order valence-electron chi connectivity index (χ4n) is 0.0769. The largest absolute Gasteiger partial charge is 0.310 e. The molecule has 0 saturated heterocycles. The van der Waals surface area contributed by atoms with Crippen LogP contribution in [0, 0.1) is 10.1 Å². The summed E-state index contributed by atoms with van der Waals surface area (Å²) in [4.78, 5) is 9.19. The molecule has 0 rings (SSSR count). The van der Waals surface area contributed by atoms with Crippen LogP contribution in [0.25, 0.3) is 0 Å². The maximum atomic E-state index is 9.70. The topological polar surface area (TPSA) is 89.7 Å². The summed E-state index contributed by atoms with van der Waals surface area (Å²) in [5, 5.41) is 7.77. The van der Waals surface area contributed by atoms with Crippen molar-refractivity contribution in [2.45, 2.75) is 0 Å². The van der Waals surface area contributed by atoms with E-state index in [1.807, 2.05) is 0 Å². The molecule has 0 aromatic rings. The van der Waals surface area contributed by atoms with Crippen LogP contribution in [-0.2, 0) is 46.9 Å². The van der Waals surface area contributed by atoms with Gasteiger partial charge in [-0.3, -0.25) is 4.55 Å². The van der Waals surface area contributed by atoms with Gasteiger partial charge in [-0.25, -0.2) is 4.21 Å². The molecule has 0 aliphatic rings. The molecule has 0 heterocycles. The van der Waals surface area contributed by atoms with Crippen LogP contribution < -0.4 is 0 Å². The molecule has 0 aromatic heterocycles. The first kappa shape index (κ1) is 12.0. The van der Waals surface area contributed by atoms with Crippen LogP contribution >= 0.6 is 0 Å². The average Bonchev–Trinajstić information content (AvgIpc) is 1.21. The number of nitrogens with zero attached hydrogens (tertiary/aromatic N) is 1. The third kappa shape index (κ3) is 11.7. The zero-order valence-electron chi connectivity index (χ0n) is 3.65. The molecule has 1 N–H and O–H groups in total. The molecule has 1 unspecified atom stereocenters. The number of hydrogen-bond acceptors (Lipinski definition) is 5. The Hall–Kier alpha value is 0.270. The Morgan fingerprint density at radius 2 is 2.11 bits per heavy atom. The van der Waals surface area contributed by atoms with Crippen molar-refractivity contribution in [2.75, 3.05) is 0 Å². The first-order valence-electron chi connectivity index (χ1n) is 1.23. The molecule has 9 heteroatoms. The van der Waals surface area contributed by atoms with Crippen molar-refractivity contribution in [3.8, 4) is 0 Å². The fourth-order valence-corrected chi connectivity index (χ4v) is 0.380. The summed E-state index contributed by atoms with van der Waals surface area (Å²) in [5.41, 5.74) is 0. The molecular formula is HAgNO5S2. The zero-order valence-corrected chi connectivity index (χ0v) is 6.76. The molecule has 59 valence electrons. The van der Waals surface area contributed by atoms with Gasteiger partial charge in [0.05, 0.1) is 0 Å². The Morgan fingerprint density at radius 1 is 1.78 bits per heavy atom. The normalized spacial score (nSPS) is 14.8. The van der Waals surface area contributed by atoms with Crippen LogP contribution in [0.5, 0.6) is 0 Å². The third-order valence-corrected chi connectivity index (χ3v) is 0.648. The molecule has 0 aromatic carbocycles. The van der Waals surface area contributed by atoms with Crippen molar-refractivity contribution in [2.24, 2.45) is 0 Å². The van der Waals surface area contributed by atoms with Crippen LogP contribution in [0.3, 0.4) is 0 Å². The summed E-state index contributed by atoms with van der Waals surface area (Å²) in [6.45, 7) is 0. The second kappa shape index (κ2) is 4.14. The van der Waals surface area contributed by atoms with E-state index in [1.54, 1.807) is 0 Å². The quantitative estimate of drug-likeness (QED) is 0.405. The van der Waals surface area contributed by atoms with Gasteiger partial charge >= 0.3 is 14.1 Å². The van der Waals surface area contributed by atoms with Gasteiger partial charge in [0.15, 0.2) is 0 Å². The fraction of sp³-hybridized carbons (Fsp3) is 0. The second-order valence-electron chi connectivity index (χ2n) is 0.726. The minimum Gasteiger partial charge on any atom is -0.286 e. The summed E-state index contributed by atoms with van der Waals surface area (Å²) >= 11 is 3.58. The molecule has 1 radical (unpaired) electrons. The van der Waals surface area contributed by atoms with Crippen LogP contribution in [-0.4, -0.2) is 13.8 Å². The second-order valence-corrected chi connectivity index (χ2v) is 2.99. The van der Waals surface area contributed by atoms with Gasteiger partial charge in [-0.15, -0.1) is 10.1 Å². The SMILES string of the molecule is O=[N+]([O-])OS(=O)(O)=S.[Ag]. The number of rotatable bonds is 2. The summed E-state index contributed by atoms with van der Waals surface area (Å²) < 4.78 is 20.6. The summed E-state index contributed by atoms with van der Waals surface area (Å²) in [6, 6.07) is 0. The van der Waals surface area contributed by atoms with E-state index in [-0.39, 0.29) is 22.4 Å². The molecule has 0 saturated carbocycles. The van der Waals surface area contributed by atoms with Gasteiger partial charge in [0.2, 0.25) is 0 Å². The van der Waals surface area contributed by atoms with Gasteiger partial charge in [0.25, 0.3) is 0 Å². The Morgan fingerprint density at radius 3 is 2.11 bits per heavy atom. The first-order valence-corrected chi connectivity index (χ1v) is 3.60. The van der Waals surface area contributed by atoms with E-state index in [0.717, 1.165) is 0 Å². The Bertz CT molecular complexity index is 181. The summed E-state index contributed by atoms with van der Waals surface area (Å²) in [5.74, 6) is 0. The smallest absolute Gasteiger partial charge is 0.286 e. The van der Waals surface area contributed by atoms with Crippen LogP contribution in [0.15, 0.2) is 0 Å². The van der Waals surface area contributed by atoms with Gasteiger partial charge in [0.1, 0.15) is 0 Å². The van der Waals surface area contributed by atoms with Crippen molar-refractivity contribution < 1.29 is 40.5 Å². The van der Waals surface area contributed by atoms with Gasteiger partial charge in [-0.05, 0) is 0 Å². The zero-order chi connectivity index (χ0) is 6.78. The molecule has 0 amide bonds. The molecule has 1 atom stereocenters. The molecular weight excluding hydrogens is 266 g/mol. The Labute approximate surface area is 70.9 Å². The van der Waals surface area contributed by atoms with E-state index in [1.165, 1.54) is 0 Å². The molecule has 9 heavy (non-hydrogen) atoms. The van der Waals surface area contributed by atoms with E-state index >= 15 is 0 Å². The Kier molecular flexibility index (Phi) is 5.52. The van der Waals surface area contributed by atoms with E-state index < -0.39 is 14.1 Å². The van der Waals surface area contributed by atoms with Crippen LogP contribution in [0.1, 0.15) is 0 Å². The van der Waals surface area contributed by atoms with Gasteiger partial charge in [0, 0.05) is 33.6 Å². The molecule has 6 nitrogen and oxygen atoms in total. The number of hydrogen-bond donors (Lipinski definition) is 1. The standard InChI is InChI=1S/Ag.HNO5S2/c;2-1(3)6-8(4,5)7/h;(H,4,5,7). The van der Waals surface area contributed by atoms with Crippen molar-refractivity contribution >= 4 is 20.2 Å². The van der Waals surface area contributed by atoms with Crippen molar-refractivity contribution in [1.82, 2.24) is 0 Å². The minimum absolute atomic E-state index is 0. The molecule has 0 aliphatic carbocycles. The van der Waals surface area contributed by atoms with Crippen LogP contribution in [0.2, 0.25) is 0 Å². The van der Waals surface area contributed by atoms with Crippen LogP contribution in [0.4, 0.5) is 0 Å². The van der Waals surface area contributed by atoms with E-state index in [9.17, 15) is 14.3 Å². The van der Waals surface area contributed by atoms with Gasteiger partial charge in [-0.2, -0.15) is 4.28 Å². The van der Waals surface area contributed by atoms with E-state index in [4.69, 9.17) is 4.55 Å². The Balaban J connectivity index is 0. The van der Waals surface area contributed by atoms with Crippen molar-refractivity contribution in [3.05, 3.63) is 10.1 Å². The summed E-state index contributed by atoms with van der Waals surface area (Å²) in [6.07, 6.45) is 0. The summed E-state index contributed by atoms with van der Waals surface area (Å²) in [7, 11) is -4.09. The maximum Gasteiger partial charge on any atom is 0.310 e. The molecule has 0 aliphatic heterocycles. The first-order chi connectivity index (χ1) is 3.42. The molecule has 0 bridgehead atoms. The average molecular weight is 267 g/mol. The molecule has 0 fully saturated rings. The van der Waals surface area contributed by atoms with Crippen molar-refractivity contribution in [3.63, 3.8) is 0 Å². The third-order valence-electron chi connectivity index (χ3n) is 0.155. The minimum atomic E-state index is -4.09. The van der Waals surface area contributed by atoms with Gasteiger partial charge < -0.3 is 0 Å². The monoisotopic (exact) mass is 266 g/mol.